The molecule has 0 bridgehead atoms. The van der Waals surface area contributed by atoms with Crippen molar-refractivity contribution in [3.05, 3.63) is 65.0 Å². The normalized spacial score (nSPS) is 23.3. The predicted octanol–water partition coefficient (Wildman–Crippen LogP) is 4.45. The minimum absolute atomic E-state index is 0.0311. The molecule has 1 unspecified atom stereocenters. The van der Waals surface area contributed by atoms with Gasteiger partial charge in [-0.15, -0.1) is 0 Å². The van der Waals surface area contributed by atoms with E-state index in [1.54, 1.807) is 33.1 Å². The lowest BCUT2D eigenvalue weighted by Gasteiger charge is -2.44. The zero-order chi connectivity index (χ0) is 32.1. The maximum atomic E-state index is 15.0. The Morgan fingerprint density at radius 2 is 1.47 bits per heavy atom. The Bertz CT molecular complexity index is 1470. The van der Waals surface area contributed by atoms with Crippen molar-refractivity contribution in [1.82, 2.24) is 14.7 Å². The standard InChI is InChI=1S/C30H36F5N3O4S/c1-28(32,30(33,34)35)20-7-13-23-19(16-20)6-12-24-25(38(17-26(39)36(2)3)18-27(40)37(4)5)14-15-29(23,24)43(41,42)22-10-8-21(31)9-11-22/h7-11,13,16,24-25H,6,12,14-15,17-18H2,1-5H3/t24-,25+,28?,29+/m0/s1. The van der Waals surface area contributed by atoms with Crippen molar-refractivity contribution in [2.24, 2.45) is 5.92 Å². The second-order valence-corrected chi connectivity index (χ2v) is 14.2. The van der Waals surface area contributed by atoms with E-state index in [0.717, 1.165) is 36.4 Å². The van der Waals surface area contributed by atoms with Gasteiger partial charge in [0.1, 0.15) is 10.6 Å². The molecule has 0 saturated heterocycles. The minimum Gasteiger partial charge on any atom is -0.348 e. The van der Waals surface area contributed by atoms with Crippen LogP contribution in [0.2, 0.25) is 0 Å². The Hall–Kier alpha value is -3.06. The maximum Gasteiger partial charge on any atom is 0.426 e. The number of halogens is 5. The van der Waals surface area contributed by atoms with Gasteiger partial charge in [0.15, 0.2) is 9.84 Å². The Labute approximate surface area is 248 Å². The number of benzene rings is 2. The fourth-order valence-corrected chi connectivity index (χ4v) is 8.92. The minimum atomic E-state index is -5.19. The van der Waals surface area contributed by atoms with Crippen molar-refractivity contribution in [3.63, 3.8) is 0 Å². The summed E-state index contributed by atoms with van der Waals surface area (Å²) in [7, 11) is 1.96. The number of aryl methyl sites for hydroxylation is 1. The predicted molar refractivity (Wildman–Crippen MR) is 150 cm³/mol. The van der Waals surface area contributed by atoms with Gasteiger partial charge in [-0.05, 0) is 79.5 Å². The molecule has 2 aromatic carbocycles. The van der Waals surface area contributed by atoms with Crippen molar-refractivity contribution in [2.45, 2.75) is 60.1 Å². The van der Waals surface area contributed by atoms with Crippen molar-refractivity contribution < 1.29 is 40.0 Å². The van der Waals surface area contributed by atoms with Crippen LogP contribution in [0.4, 0.5) is 22.0 Å². The van der Waals surface area contributed by atoms with Crippen LogP contribution < -0.4 is 0 Å². The molecule has 0 spiro atoms. The number of rotatable bonds is 8. The smallest absolute Gasteiger partial charge is 0.348 e. The molecule has 4 rings (SSSR count). The highest BCUT2D eigenvalue weighted by Crippen LogP contribution is 2.58. The van der Waals surface area contributed by atoms with Crippen LogP contribution in [-0.2, 0) is 36.3 Å². The number of carbonyl (C=O) groups excluding carboxylic acids is 2. The molecule has 0 heterocycles. The van der Waals surface area contributed by atoms with Crippen molar-refractivity contribution in [1.29, 1.82) is 0 Å². The van der Waals surface area contributed by atoms with Gasteiger partial charge in [0, 0.05) is 34.2 Å². The Kier molecular flexibility index (Phi) is 8.75. The Morgan fingerprint density at radius 1 is 0.907 bits per heavy atom. The molecule has 7 nitrogen and oxygen atoms in total. The molecule has 0 aliphatic heterocycles. The zero-order valence-electron chi connectivity index (χ0n) is 24.7. The van der Waals surface area contributed by atoms with E-state index < -0.39 is 49.8 Å². The zero-order valence-corrected chi connectivity index (χ0v) is 25.5. The van der Waals surface area contributed by atoms with Crippen LogP contribution in [0.25, 0.3) is 0 Å². The molecule has 2 aliphatic carbocycles. The van der Waals surface area contributed by atoms with Crippen molar-refractivity contribution >= 4 is 21.7 Å². The van der Waals surface area contributed by atoms with Crippen LogP contribution in [0.3, 0.4) is 0 Å². The number of carbonyl (C=O) groups is 2. The van der Waals surface area contributed by atoms with Gasteiger partial charge in [-0.25, -0.2) is 17.2 Å². The monoisotopic (exact) mass is 629 g/mol. The van der Waals surface area contributed by atoms with Crippen LogP contribution >= 0.6 is 0 Å². The number of sulfone groups is 1. The number of hydrogen-bond donors (Lipinski definition) is 0. The number of nitrogens with zero attached hydrogens (tertiary/aromatic N) is 3. The molecule has 0 radical (unpaired) electrons. The second kappa shape index (κ2) is 11.5. The summed E-state index contributed by atoms with van der Waals surface area (Å²) in [6, 6.07) is 7.13. The molecule has 13 heteroatoms. The van der Waals surface area contributed by atoms with Gasteiger partial charge >= 0.3 is 6.18 Å². The van der Waals surface area contributed by atoms with Gasteiger partial charge in [0.2, 0.25) is 17.5 Å². The summed E-state index contributed by atoms with van der Waals surface area (Å²) in [5, 5.41) is 0. The molecule has 2 aromatic rings. The number of fused-ring (bicyclic) bond motifs is 3. The first-order valence-corrected chi connectivity index (χ1v) is 15.4. The average molecular weight is 630 g/mol. The van der Waals surface area contributed by atoms with E-state index in [0.29, 0.717) is 6.92 Å². The molecule has 0 aromatic heterocycles. The largest absolute Gasteiger partial charge is 0.426 e. The number of amides is 2. The Balaban J connectivity index is 1.90. The summed E-state index contributed by atoms with van der Waals surface area (Å²) < 4.78 is 97.0. The summed E-state index contributed by atoms with van der Waals surface area (Å²) in [6.07, 6.45) is -4.54. The van der Waals surface area contributed by atoms with Crippen molar-refractivity contribution in [2.75, 3.05) is 41.3 Å². The molecule has 43 heavy (non-hydrogen) atoms. The molecule has 1 fully saturated rings. The number of hydrogen-bond acceptors (Lipinski definition) is 5. The number of alkyl halides is 4. The SMILES string of the molecule is CN(C)C(=O)CN(CC(=O)N(C)C)[C@@H]1CC[C@@]2(S(=O)(=O)c3ccc(F)cc3)c3ccc(C(C)(F)C(F)(F)F)cc3CC[C@@H]12. The molecule has 0 N–H and O–H groups in total. The summed E-state index contributed by atoms with van der Waals surface area (Å²) in [5.74, 6) is -1.90. The van der Waals surface area contributed by atoms with E-state index in [4.69, 9.17) is 0 Å². The van der Waals surface area contributed by atoms with Crippen LogP contribution in [0.5, 0.6) is 0 Å². The summed E-state index contributed by atoms with van der Waals surface area (Å²) in [6.45, 7) is 0.119. The molecular weight excluding hydrogens is 593 g/mol. The van der Waals surface area contributed by atoms with Crippen LogP contribution in [0, 0.1) is 11.7 Å². The first-order chi connectivity index (χ1) is 19.8. The van der Waals surface area contributed by atoms with E-state index in [1.807, 2.05) is 0 Å². The molecule has 236 valence electrons. The second-order valence-electron chi connectivity index (χ2n) is 12.0. The number of likely N-dealkylation sites (N-methyl/N-ethyl adjacent to an activating group) is 2. The van der Waals surface area contributed by atoms with Crippen LogP contribution in [-0.4, -0.2) is 88.4 Å². The fourth-order valence-electron chi connectivity index (χ4n) is 6.46. The first kappa shape index (κ1) is 32.8. The maximum absolute atomic E-state index is 15.0. The van der Waals surface area contributed by atoms with Gasteiger partial charge in [-0.2, -0.15) is 13.2 Å². The lowest BCUT2D eigenvalue weighted by atomic mass is 9.73. The summed E-state index contributed by atoms with van der Waals surface area (Å²) in [5.41, 5.74) is -3.74. The van der Waals surface area contributed by atoms with Crippen LogP contribution in [0.1, 0.15) is 42.9 Å². The van der Waals surface area contributed by atoms with E-state index in [2.05, 4.69) is 0 Å². The highest BCUT2D eigenvalue weighted by molar-refractivity contribution is 7.92. The highest BCUT2D eigenvalue weighted by Gasteiger charge is 2.62. The molecule has 4 atom stereocenters. The lowest BCUT2D eigenvalue weighted by molar-refractivity contribution is -0.228. The lowest BCUT2D eigenvalue weighted by Crippen LogP contribution is -2.53. The third-order valence-corrected chi connectivity index (χ3v) is 11.6. The average Bonchev–Trinajstić information content (AvgIpc) is 3.33. The quantitative estimate of drug-likeness (QED) is 0.319. The molecule has 2 amide bonds. The third-order valence-electron chi connectivity index (χ3n) is 8.98. The summed E-state index contributed by atoms with van der Waals surface area (Å²) >= 11 is 0. The van der Waals surface area contributed by atoms with E-state index in [9.17, 15) is 40.0 Å². The van der Waals surface area contributed by atoms with Gasteiger partial charge in [0.25, 0.3) is 0 Å². The third kappa shape index (κ3) is 5.65. The summed E-state index contributed by atoms with van der Waals surface area (Å²) in [4.78, 5) is 29.9. The van der Waals surface area contributed by atoms with Gasteiger partial charge in [-0.3, -0.25) is 14.5 Å². The van der Waals surface area contributed by atoms with Gasteiger partial charge in [0.05, 0.1) is 18.0 Å². The molecular formula is C30H36F5N3O4S. The molecule has 1 saturated carbocycles. The molecule has 2 aliphatic rings. The highest BCUT2D eigenvalue weighted by atomic mass is 32.2. The van der Waals surface area contributed by atoms with E-state index >= 15 is 0 Å². The topological polar surface area (TPSA) is 78.0 Å². The van der Waals surface area contributed by atoms with Gasteiger partial charge < -0.3 is 9.80 Å². The van der Waals surface area contributed by atoms with Gasteiger partial charge in [-0.1, -0.05) is 18.2 Å². The van der Waals surface area contributed by atoms with Crippen molar-refractivity contribution in [3.8, 4) is 0 Å². The first-order valence-electron chi connectivity index (χ1n) is 13.9. The fraction of sp³-hybridized carbons (Fsp3) is 0.533. The van der Waals surface area contributed by atoms with E-state index in [-0.39, 0.29) is 66.6 Å². The van der Waals surface area contributed by atoms with Crippen LogP contribution in [0.15, 0.2) is 47.4 Å². The Morgan fingerprint density at radius 3 is 1.98 bits per heavy atom. The van der Waals surface area contributed by atoms with E-state index in [1.165, 1.54) is 15.9 Å².